The average Bonchev–Trinajstić information content (AvgIpc) is 2.69. The first-order valence-electron chi connectivity index (χ1n) is 7.94. The number of amides is 1. The van der Waals surface area contributed by atoms with Crippen LogP contribution in [-0.2, 0) is 4.84 Å². The van der Waals surface area contributed by atoms with Crippen LogP contribution < -0.4 is 10.2 Å². The summed E-state index contributed by atoms with van der Waals surface area (Å²) in [7, 11) is 0. The molecule has 1 N–H and O–H groups in total. The molecule has 0 saturated carbocycles. The summed E-state index contributed by atoms with van der Waals surface area (Å²) in [6.07, 6.45) is 1.61. The highest BCUT2D eigenvalue weighted by atomic mass is 16.7. The van der Waals surface area contributed by atoms with Gasteiger partial charge in [-0.05, 0) is 24.3 Å². The van der Waals surface area contributed by atoms with E-state index in [1.54, 1.807) is 18.3 Å². The topological polar surface area (TPSA) is 60.5 Å². The van der Waals surface area contributed by atoms with Crippen molar-refractivity contribution in [2.24, 2.45) is 0 Å². The molecule has 0 unspecified atom stereocenters. The number of aromatic nitrogens is 1. The third-order valence-corrected chi connectivity index (χ3v) is 3.45. The molecule has 0 saturated heterocycles. The Labute approximate surface area is 146 Å². The molecular weight excluding hydrogens is 316 g/mol. The summed E-state index contributed by atoms with van der Waals surface area (Å²) in [5.74, 6) is 0.443. The number of hydrogen-bond acceptors (Lipinski definition) is 4. The minimum absolute atomic E-state index is 0.247. The molecule has 5 nitrogen and oxygen atoms in total. The van der Waals surface area contributed by atoms with Crippen molar-refractivity contribution in [2.45, 2.75) is 0 Å². The number of hydroxylamine groups is 1. The zero-order chi connectivity index (χ0) is 17.3. The molecule has 0 fully saturated rings. The lowest BCUT2D eigenvalue weighted by atomic mass is 10.1. The van der Waals surface area contributed by atoms with Gasteiger partial charge in [-0.2, -0.15) is 0 Å². The number of pyridine rings is 1. The van der Waals surface area contributed by atoms with Crippen LogP contribution in [0.1, 0.15) is 10.4 Å². The van der Waals surface area contributed by atoms with Gasteiger partial charge in [0.15, 0.2) is 0 Å². The summed E-state index contributed by atoms with van der Waals surface area (Å²) in [4.78, 5) is 21.6. The van der Waals surface area contributed by atoms with Crippen molar-refractivity contribution < 1.29 is 14.4 Å². The number of carbonyl (C=O) groups is 1. The van der Waals surface area contributed by atoms with Crippen LogP contribution in [0, 0.1) is 0 Å². The predicted octanol–water partition coefficient (Wildman–Crippen LogP) is 3.49. The lowest BCUT2D eigenvalue weighted by Gasteiger charge is -2.08. The molecule has 0 radical (unpaired) electrons. The molecule has 0 aliphatic heterocycles. The van der Waals surface area contributed by atoms with Crippen molar-refractivity contribution in [3.05, 3.63) is 84.6 Å². The molecule has 1 heterocycles. The standard InChI is InChI=1S/C20H18N2O3/c23-20(22-25-14-13-24-18-9-5-2-6-10-18)17-11-12-21-19(15-17)16-7-3-1-4-8-16/h1-12,15H,13-14H2,(H,22,23). The van der Waals surface area contributed by atoms with E-state index in [9.17, 15) is 4.79 Å². The van der Waals surface area contributed by atoms with Gasteiger partial charge in [0, 0.05) is 17.3 Å². The summed E-state index contributed by atoms with van der Waals surface area (Å²) >= 11 is 0. The van der Waals surface area contributed by atoms with Gasteiger partial charge in [0.1, 0.15) is 19.0 Å². The first kappa shape index (κ1) is 16.7. The Morgan fingerprint density at radius 3 is 2.40 bits per heavy atom. The highest BCUT2D eigenvalue weighted by Gasteiger charge is 2.08. The van der Waals surface area contributed by atoms with Gasteiger partial charge in [0.05, 0.1) is 5.69 Å². The molecule has 126 valence electrons. The Kier molecular flexibility index (Phi) is 5.74. The van der Waals surface area contributed by atoms with Crippen LogP contribution in [-0.4, -0.2) is 24.1 Å². The van der Waals surface area contributed by atoms with Crippen LogP contribution in [0.4, 0.5) is 0 Å². The normalized spacial score (nSPS) is 10.2. The van der Waals surface area contributed by atoms with Gasteiger partial charge in [-0.3, -0.25) is 14.6 Å². The smallest absolute Gasteiger partial charge is 0.274 e. The number of para-hydroxylation sites is 1. The molecule has 0 aliphatic rings. The summed E-state index contributed by atoms with van der Waals surface area (Å²) in [6.45, 7) is 0.590. The van der Waals surface area contributed by atoms with Gasteiger partial charge in [-0.1, -0.05) is 48.5 Å². The lowest BCUT2D eigenvalue weighted by Crippen LogP contribution is -2.26. The fourth-order valence-corrected chi connectivity index (χ4v) is 2.23. The van der Waals surface area contributed by atoms with E-state index in [0.717, 1.165) is 17.0 Å². The maximum Gasteiger partial charge on any atom is 0.274 e. The van der Waals surface area contributed by atoms with Crippen molar-refractivity contribution in [2.75, 3.05) is 13.2 Å². The maximum absolute atomic E-state index is 12.2. The zero-order valence-electron chi connectivity index (χ0n) is 13.6. The second-order valence-electron chi connectivity index (χ2n) is 5.24. The molecule has 0 atom stereocenters. The average molecular weight is 334 g/mol. The fraction of sp³-hybridized carbons (Fsp3) is 0.100. The van der Waals surface area contributed by atoms with E-state index in [1.807, 2.05) is 60.7 Å². The molecule has 2 aromatic carbocycles. The van der Waals surface area contributed by atoms with E-state index in [4.69, 9.17) is 9.57 Å². The highest BCUT2D eigenvalue weighted by Crippen LogP contribution is 2.17. The van der Waals surface area contributed by atoms with Crippen LogP contribution in [0.5, 0.6) is 5.75 Å². The molecule has 0 spiro atoms. The highest BCUT2D eigenvalue weighted by molar-refractivity contribution is 5.94. The van der Waals surface area contributed by atoms with E-state index in [1.165, 1.54) is 0 Å². The van der Waals surface area contributed by atoms with Crippen LogP contribution in [0.3, 0.4) is 0 Å². The van der Waals surface area contributed by atoms with Crippen molar-refractivity contribution in [1.82, 2.24) is 10.5 Å². The Bertz CT molecular complexity index is 807. The van der Waals surface area contributed by atoms with Crippen LogP contribution in [0.2, 0.25) is 0 Å². The number of nitrogens with one attached hydrogen (secondary N) is 1. The predicted molar refractivity (Wildman–Crippen MR) is 95.0 cm³/mol. The van der Waals surface area contributed by atoms with Crippen molar-refractivity contribution in [3.8, 4) is 17.0 Å². The monoisotopic (exact) mass is 334 g/mol. The van der Waals surface area contributed by atoms with E-state index in [0.29, 0.717) is 12.2 Å². The van der Waals surface area contributed by atoms with Gasteiger partial charge in [0.25, 0.3) is 5.91 Å². The number of nitrogens with zero attached hydrogens (tertiary/aromatic N) is 1. The molecule has 25 heavy (non-hydrogen) atoms. The Morgan fingerprint density at radius 1 is 0.920 bits per heavy atom. The molecule has 0 bridgehead atoms. The molecule has 3 aromatic rings. The summed E-state index contributed by atoms with van der Waals surface area (Å²) < 4.78 is 5.48. The third kappa shape index (κ3) is 4.89. The van der Waals surface area contributed by atoms with Gasteiger partial charge in [0.2, 0.25) is 0 Å². The molecule has 1 amide bonds. The molecule has 5 heteroatoms. The number of rotatable bonds is 7. The van der Waals surface area contributed by atoms with E-state index >= 15 is 0 Å². The van der Waals surface area contributed by atoms with Crippen LogP contribution in [0.25, 0.3) is 11.3 Å². The Balaban J connectivity index is 1.48. The van der Waals surface area contributed by atoms with Crippen molar-refractivity contribution in [3.63, 3.8) is 0 Å². The Morgan fingerprint density at radius 2 is 1.64 bits per heavy atom. The van der Waals surface area contributed by atoms with Crippen molar-refractivity contribution in [1.29, 1.82) is 0 Å². The quantitative estimate of drug-likeness (QED) is 0.531. The SMILES string of the molecule is O=C(NOCCOc1ccccc1)c1ccnc(-c2ccccc2)c1. The van der Waals surface area contributed by atoms with Gasteiger partial charge >= 0.3 is 0 Å². The zero-order valence-corrected chi connectivity index (χ0v) is 13.6. The van der Waals surface area contributed by atoms with Crippen LogP contribution >= 0.6 is 0 Å². The van der Waals surface area contributed by atoms with Gasteiger partial charge in [-0.15, -0.1) is 0 Å². The molecule has 0 aliphatic carbocycles. The lowest BCUT2D eigenvalue weighted by molar-refractivity contribution is 0.0200. The number of benzene rings is 2. The van der Waals surface area contributed by atoms with Gasteiger partial charge in [-0.25, -0.2) is 5.48 Å². The van der Waals surface area contributed by atoms with E-state index in [2.05, 4.69) is 10.5 Å². The van der Waals surface area contributed by atoms with Crippen molar-refractivity contribution >= 4 is 5.91 Å². The number of ether oxygens (including phenoxy) is 1. The molecule has 1 aromatic heterocycles. The maximum atomic E-state index is 12.2. The van der Waals surface area contributed by atoms with Gasteiger partial charge < -0.3 is 4.74 Å². The largest absolute Gasteiger partial charge is 0.491 e. The van der Waals surface area contributed by atoms with E-state index in [-0.39, 0.29) is 12.5 Å². The molecule has 3 rings (SSSR count). The fourth-order valence-electron chi connectivity index (χ4n) is 2.23. The first-order valence-corrected chi connectivity index (χ1v) is 7.94. The first-order chi connectivity index (χ1) is 12.3. The van der Waals surface area contributed by atoms with E-state index < -0.39 is 0 Å². The summed E-state index contributed by atoms with van der Waals surface area (Å²) in [6, 6.07) is 22.5. The Hall–Kier alpha value is -3.18. The minimum Gasteiger partial charge on any atom is -0.491 e. The second-order valence-corrected chi connectivity index (χ2v) is 5.24. The number of hydrogen-bond donors (Lipinski definition) is 1. The number of carbonyl (C=O) groups excluding carboxylic acids is 1. The second kappa shape index (κ2) is 8.61. The molecular formula is C20H18N2O3. The summed E-state index contributed by atoms with van der Waals surface area (Å²) in [5, 5.41) is 0. The minimum atomic E-state index is -0.320. The summed E-state index contributed by atoms with van der Waals surface area (Å²) in [5.41, 5.74) is 4.59. The van der Waals surface area contributed by atoms with Crippen LogP contribution in [0.15, 0.2) is 79.0 Å². The third-order valence-electron chi connectivity index (χ3n) is 3.45.